The van der Waals surface area contributed by atoms with Gasteiger partial charge in [0, 0.05) is 18.4 Å². The first-order valence-electron chi connectivity index (χ1n) is 6.92. The molecule has 1 N–H and O–H groups in total. The monoisotopic (exact) mass is 282 g/mol. The van der Waals surface area contributed by atoms with E-state index >= 15 is 0 Å². The SMILES string of the molecule is CCNC(Cc1ccncc1)CC1CCS(=O)(=O)C1. The summed E-state index contributed by atoms with van der Waals surface area (Å²) in [6, 6.07) is 4.40. The lowest BCUT2D eigenvalue weighted by atomic mass is 9.95. The topological polar surface area (TPSA) is 59.1 Å². The largest absolute Gasteiger partial charge is 0.314 e. The Bertz CT molecular complexity index is 487. The van der Waals surface area contributed by atoms with Crippen molar-refractivity contribution in [3.05, 3.63) is 30.1 Å². The summed E-state index contributed by atoms with van der Waals surface area (Å²) in [5.74, 6) is 1.05. The van der Waals surface area contributed by atoms with Crippen molar-refractivity contribution >= 4 is 9.84 Å². The Kier molecular flexibility index (Phi) is 4.93. The third-order valence-electron chi connectivity index (χ3n) is 3.67. The van der Waals surface area contributed by atoms with Crippen molar-refractivity contribution in [3.8, 4) is 0 Å². The number of hydrogen-bond donors (Lipinski definition) is 1. The van der Waals surface area contributed by atoms with Crippen LogP contribution < -0.4 is 5.32 Å². The Balaban J connectivity index is 1.93. The molecule has 0 spiro atoms. The van der Waals surface area contributed by atoms with Crippen LogP contribution in [-0.2, 0) is 16.3 Å². The number of likely N-dealkylation sites (N-methyl/N-ethyl adjacent to an activating group) is 1. The lowest BCUT2D eigenvalue weighted by Gasteiger charge is -2.21. The molecule has 1 fully saturated rings. The first-order chi connectivity index (χ1) is 9.09. The first-order valence-corrected chi connectivity index (χ1v) is 8.74. The maximum absolute atomic E-state index is 11.5. The second kappa shape index (κ2) is 6.48. The van der Waals surface area contributed by atoms with E-state index in [9.17, 15) is 8.42 Å². The number of pyridine rings is 1. The molecule has 5 heteroatoms. The quantitative estimate of drug-likeness (QED) is 0.857. The molecule has 106 valence electrons. The van der Waals surface area contributed by atoms with Crippen LogP contribution in [0, 0.1) is 5.92 Å². The minimum atomic E-state index is -2.77. The summed E-state index contributed by atoms with van der Waals surface area (Å²) in [5.41, 5.74) is 1.25. The zero-order valence-corrected chi connectivity index (χ0v) is 12.2. The van der Waals surface area contributed by atoms with Crippen LogP contribution >= 0.6 is 0 Å². The van der Waals surface area contributed by atoms with Gasteiger partial charge in [-0.25, -0.2) is 8.42 Å². The molecule has 1 aromatic heterocycles. The van der Waals surface area contributed by atoms with Crippen molar-refractivity contribution in [2.24, 2.45) is 5.92 Å². The number of rotatable bonds is 6. The Morgan fingerprint density at radius 1 is 1.42 bits per heavy atom. The van der Waals surface area contributed by atoms with Gasteiger partial charge < -0.3 is 5.32 Å². The zero-order valence-electron chi connectivity index (χ0n) is 11.4. The van der Waals surface area contributed by atoms with Crippen LogP contribution in [0.2, 0.25) is 0 Å². The van der Waals surface area contributed by atoms with E-state index in [4.69, 9.17) is 0 Å². The van der Waals surface area contributed by atoms with Gasteiger partial charge in [0.2, 0.25) is 0 Å². The van der Waals surface area contributed by atoms with E-state index in [-0.39, 0.29) is 0 Å². The molecule has 1 aliphatic heterocycles. The summed E-state index contributed by atoms with van der Waals surface area (Å²) >= 11 is 0. The van der Waals surface area contributed by atoms with E-state index in [1.165, 1.54) is 5.56 Å². The van der Waals surface area contributed by atoms with E-state index in [1.807, 2.05) is 12.1 Å². The summed E-state index contributed by atoms with van der Waals surface area (Å²) in [7, 11) is -2.77. The van der Waals surface area contributed by atoms with Crippen molar-refractivity contribution in [2.45, 2.75) is 32.2 Å². The van der Waals surface area contributed by atoms with Gasteiger partial charge >= 0.3 is 0 Å². The Hall–Kier alpha value is -0.940. The molecule has 2 unspecified atom stereocenters. The van der Waals surface area contributed by atoms with E-state index in [1.54, 1.807) is 12.4 Å². The molecule has 1 aliphatic rings. The molecule has 0 aromatic carbocycles. The van der Waals surface area contributed by atoms with E-state index in [0.29, 0.717) is 23.5 Å². The van der Waals surface area contributed by atoms with Gasteiger partial charge in [-0.3, -0.25) is 4.98 Å². The average Bonchev–Trinajstić information content (AvgIpc) is 2.70. The van der Waals surface area contributed by atoms with Crippen molar-refractivity contribution in [3.63, 3.8) is 0 Å². The summed E-state index contributed by atoms with van der Waals surface area (Å²) < 4.78 is 23.0. The Morgan fingerprint density at radius 2 is 2.16 bits per heavy atom. The maximum atomic E-state index is 11.5. The molecule has 1 aromatic rings. The smallest absolute Gasteiger partial charge is 0.150 e. The molecule has 0 radical (unpaired) electrons. The average molecular weight is 282 g/mol. The number of aromatic nitrogens is 1. The molecular formula is C14H22N2O2S. The standard InChI is InChI=1S/C14H22N2O2S/c1-2-16-14(9-12-3-6-15-7-4-12)10-13-5-8-19(17,18)11-13/h3-4,6-7,13-14,16H,2,5,8-11H2,1H3. The highest BCUT2D eigenvalue weighted by molar-refractivity contribution is 7.91. The van der Waals surface area contributed by atoms with Gasteiger partial charge in [0.25, 0.3) is 0 Å². The van der Waals surface area contributed by atoms with Crippen LogP contribution in [0.5, 0.6) is 0 Å². The van der Waals surface area contributed by atoms with Crippen LogP contribution in [0.15, 0.2) is 24.5 Å². The number of nitrogens with one attached hydrogen (secondary N) is 1. The highest BCUT2D eigenvalue weighted by Gasteiger charge is 2.29. The maximum Gasteiger partial charge on any atom is 0.150 e. The lowest BCUT2D eigenvalue weighted by Crippen LogP contribution is -2.33. The second-order valence-corrected chi connectivity index (χ2v) is 7.55. The van der Waals surface area contributed by atoms with Crippen molar-refractivity contribution in [1.29, 1.82) is 0 Å². The molecule has 2 heterocycles. The van der Waals surface area contributed by atoms with Crippen molar-refractivity contribution in [1.82, 2.24) is 10.3 Å². The first kappa shape index (κ1) is 14.5. The predicted octanol–water partition coefficient (Wildman–Crippen LogP) is 1.43. The van der Waals surface area contributed by atoms with Crippen LogP contribution in [0.3, 0.4) is 0 Å². The third-order valence-corrected chi connectivity index (χ3v) is 5.51. The van der Waals surface area contributed by atoms with Gasteiger partial charge in [-0.2, -0.15) is 0 Å². The van der Waals surface area contributed by atoms with Gasteiger partial charge in [-0.1, -0.05) is 6.92 Å². The molecular weight excluding hydrogens is 260 g/mol. The van der Waals surface area contributed by atoms with Crippen LogP contribution in [0.4, 0.5) is 0 Å². The molecule has 4 nitrogen and oxygen atoms in total. The molecule has 2 atom stereocenters. The van der Waals surface area contributed by atoms with Gasteiger partial charge in [0.1, 0.15) is 0 Å². The van der Waals surface area contributed by atoms with E-state index < -0.39 is 9.84 Å². The van der Waals surface area contributed by atoms with Crippen LogP contribution in [0.25, 0.3) is 0 Å². The van der Waals surface area contributed by atoms with Crippen LogP contribution in [-0.4, -0.2) is 37.5 Å². The zero-order chi connectivity index (χ0) is 13.7. The van der Waals surface area contributed by atoms with Crippen molar-refractivity contribution < 1.29 is 8.42 Å². The Labute approximate surface area is 115 Å². The summed E-state index contributed by atoms with van der Waals surface area (Å²) in [5, 5.41) is 3.47. The van der Waals surface area contributed by atoms with Gasteiger partial charge in [0.15, 0.2) is 9.84 Å². The van der Waals surface area contributed by atoms with E-state index in [2.05, 4.69) is 17.2 Å². The van der Waals surface area contributed by atoms with Gasteiger partial charge in [0.05, 0.1) is 11.5 Å². The second-order valence-electron chi connectivity index (χ2n) is 5.32. The van der Waals surface area contributed by atoms with Crippen LogP contribution in [0.1, 0.15) is 25.3 Å². The fourth-order valence-corrected chi connectivity index (χ4v) is 4.67. The molecule has 0 amide bonds. The molecule has 2 rings (SSSR count). The summed E-state index contributed by atoms with van der Waals surface area (Å²) in [6.07, 6.45) is 6.31. The molecule has 0 aliphatic carbocycles. The lowest BCUT2D eigenvalue weighted by molar-refractivity contribution is 0.409. The highest BCUT2D eigenvalue weighted by atomic mass is 32.2. The van der Waals surface area contributed by atoms with E-state index in [0.717, 1.165) is 25.8 Å². The summed E-state index contributed by atoms with van der Waals surface area (Å²) in [4.78, 5) is 4.02. The number of nitrogens with zero attached hydrogens (tertiary/aromatic N) is 1. The fraction of sp³-hybridized carbons (Fsp3) is 0.643. The van der Waals surface area contributed by atoms with Gasteiger partial charge in [-0.05, 0) is 49.4 Å². The number of sulfone groups is 1. The Morgan fingerprint density at radius 3 is 2.74 bits per heavy atom. The fourth-order valence-electron chi connectivity index (χ4n) is 2.79. The molecule has 19 heavy (non-hydrogen) atoms. The van der Waals surface area contributed by atoms with Gasteiger partial charge in [-0.15, -0.1) is 0 Å². The minimum absolute atomic E-state index is 0.316. The third kappa shape index (κ3) is 4.58. The molecule has 1 saturated heterocycles. The minimum Gasteiger partial charge on any atom is -0.314 e. The number of hydrogen-bond acceptors (Lipinski definition) is 4. The molecule has 0 bridgehead atoms. The highest BCUT2D eigenvalue weighted by Crippen LogP contribution is 2.24. The predicted molar refractivity (Wildman–Crippen MR) is 76.8 cm³/mol. The molecule has 0 saturated carbocycles. The normalized spacial score (nSPS) is 23.3. The van der Waals surface area contributed by atoms with Crippen molar-refractivity contribution in [2.75, 3.05) is 18.1 Å². The summed E-state index contributed by atoms with van der Waals surface area (Å²) in [6.45, 7) is 3.00.